The van der Waals surface area contributed by atoms with E-state index >= 15 is 0 Å². The fourth-order valence-corrected chi connectivity index (χ4v) is 5.69. The highest BCUT2D eigenvalue weighted by Gasteiger charge is 2.29. The second-order valence-corrected chi connectivity index (χ2v) is 9.92. The number of ether oxygens (including phenoxy) is 1. The number of carboxylic acid groups (broad SMARTS) is 1. The summed E-state index contributed by atoms with van der Waals surface area (Å²) in [4.78, 5) is 13.3. The summed E-state index contributed by atoms with van der Waals surface area (Å²) in [7, 11) is -4.23. The zero-order chi connectivity index (χ0) is 22.9. The van der Waals surface area contributed by atoms with E-state index in [1.54, 1.807) is 6.07 Å². The van der Waals surface area contributed by atoms with Gasteiger partial charge in [0.25, 0.3) is 10.0 Å². The molecular weight excluding hydrogens is 454 g/mol. The minimum absolute atomic E-state index is 0.0830. The SMILES string of the molecule is N#Cc1cc2c(cc1Cl)N1CCCC[C@@H]1CCCOc1ccc(C(=O)O)cc1S(=O)(=O)N2. The fraction of sp³-hybridized carbons (Fsp3) is 0.364. The summed E-state index contributed by atoms with van der Waals surface area (Å²) in [6, 6.07) is 8.98. The van der Waals surface area contributed by atoms with Crippen molar-refractivity contribution in [1.29, 1.82) is 5.26 Å². The molecular formula is C22H22ClN3O5S. The van der Waals surface area contributed by atoms with Crippen molar-refractivity contribution in [3.05, 3.63) is 46.5 Å². The van der Waals surface area contributed by atoms with Gasteiger partial charge >= 0.3 is 5.97 Å². The minimum atomic E-state index is -4.23. The molecule has 0 radical (unpaired) electrons. The summed E-state index contributed by atoms with van der Waals surface area (Å²) in [5.74, 6) is -1.16. The molecule has 4 rings (SSSR count). The van der Waals surface area contributed by atoms with E-state index in [2.05, 4.69) is 9.62 Å². The fourth-order valence-electron chi connectivity index (χ4n) is 4.26. The Hall–Kier alpha value is -2.96. The summed E-state index contributed by atoms with van der Waals surface area (Å²) in [6.07, 6.45) is 4.54. The number of piperidine rings is 1. The molecule has 0 bridgehead atoms. The van der Waals surface area contributed by atoms with Crippen LogP contribution in [0.1, 0.15) is 48.0 Å². The van der Waals surface area contributed by atoms with Gasteiger partial charge in [0.15, 0.2) is 0 Å². The van der Waals surface area contributed by atoms with Crippen molar-refractivity contribution in [3.63, 3.8) is 0 Å². The third-order valence-corrected chi connectivity index (χ3v) is 7.51. The number of carbonyl (C=O) groups is 1. The summed E-state index contributed by atoms with van der Waals surface area (Å²) in [5, 5.41) is 19.0. The van der Waals surface area contributed by atoms with E-state index in [4.69, 9.17) is 16.3 Å². The lowest BCUT2D eigenvalue weighted by atomic mass is 9.96. The van der Waals surface area contributed by atoms with Crippen molar-refractivity contribution >= 4 is 39.0 Å². The number of hydrogen-bond acceptors (Lipinski definition) is 6. The highest BCUT2D eigenvalue weighted by Crippen LogP contribution is 2.39. The van der Waals surface area contributed by atoms with Crippen molar-refractivity contribution in [2.24, 2.45) is 0 Å². The average molecular weight is 476 g/mol. The van der Waals surface area contributed by atoms with Crippen LogP contribution in [-0.2, 0) is 10.0 Å². The summed E-state index contributed by atoms with van der Waals surface area (Å²) in [5.41, 5.74) is 0.810. The van der Waals surface area contributed by atoms with Crippen LogP contribution < -0.4 is 14.4 Å². The van der Waals surface area contributed by atoms with Crippen molar-refractivity contribution in [1.82, 2.24) is 0 Å². The van der Waals surface area contributed by atoms with E-state index in [0.29, 0.717) is 18.7 Å². The van der Waals surface area contributed by atoms with E-state index < -0.39 is 16.0 Å². The zero-order valence-corrected chi connectivity index (χ0v) is 18.7. The van der Waals surface area contributed by atoms with Crippen LogP contribution in [0.25, 0.3) is 0 Å². The topological polar surface area (TPSA) is 120 Å². The molecule has 168 valence electrons. The van der Waals surface area contributed by atoms with Gasteiger partial charge in [-0.3, -0.25) is 4.72 Å². The smallest absolute Gasteiger partial charge is 0.335 e. The molecule has 2 aliphatic heterocycles. The summed E-state index contributed by atoms with van der Waals surface area (Å²) in [6.45, 7) is 1.04. The number of benzene rings is 2. The van der Waals surface area contributed by atoms with E-state index in [9.17, 15) is 23.6 Å². The molecule has 1 fully saturated rings. The highest BCUT2D eigenvalue weighted by atomic mass is 35.5. The highest BCUT2D eigenvalue weighted by molar-refractivity contribution is 7.92. The Morgan fingerprint density at radius 2 is 2.00 bits per heavy atom. The quantitative estimate of drug-likeness (QED) is 0.632. The van der Waals surface area contributed by atoms with Crippen LogP contribution >= 0.6 is 11.6 Å². The number of hydrogen-bond donors (Lipinski definition) is 2. The predicted octanol–water partition coefficient (Wildman–Crippen LogP) is 4.24. The average Bonchev–Trinajstić information content (AvgIpc) is 2.77. The molecule has 1 saturated heterocycles. The predicted molar refractivity (Wildman–Crippen MR) is 120 cm³/mol. The van der Waals surface area contributed by atoms with Gasteiger partial charge in [-0.25, -0.2) is 13.2 Å². The Kier molecular flexibility index (Phi) is 6.17. The largest absolute Gasteiger partial charge is 0.492 e. The molecule has 0 unspecified atom stereocenters. The second-order valence-electron chi connectivity index (χ2n) is 7.87. The monoisotopic (exact) mass is 475 g/mol. The van der Waals surface area contributed by atoms with Crippen molar-refractivity contribution < 1.29 is 23.1 Å². The number of halogens is 1. The Balaban J connectivity index is 1.89. The molecule has 8 nitrogen and oxygen atoms in total. The van der Waals surface area contributed by atoms with E-state index in [-0.39, 0.29) is 38.5 Å². The van der Waals surface area contributed by atoms with Crippen molar-refractivity contribution in [2.75, 3.05) is 22.8 Å². The maximum atomic E-state index is 13.4. The molecule has 0 aliphatic carbocycles. The third kappa shape index (κ3) is 4.33. The number of carboxylic acids is 1. The lowest BCUT2D eigenvalue weighted by molar-refractivity contribution is 0.0696. The Bertz CT molecular complexity index is 1210. The number of fused-ring (bicyclic) bond motifs is 4. The van der Waals surface area contributed by atoms with Gasteiger partial charge < -0.3 is 14.7 Å². The van der Waals surface area contributed by atoms with Gasteiger partial charge in [-0.2, -0.15) is 5.26 Å². The maximum Gasteiger partial charge on any atom is 0.335 e. The van der Waals surface area contributed by atoms with Crippen LogP contribution in [0.15, 0.2) is 35.2 Å². The van der Waals surface area contributed by atoms with Crippen LogP contribution in [0.4, 0.5) is 11.4 Å². The van der Waals surface area contributed by atoms with Gasteiger partial charge in [-0.1, -0.05) is 11.6 Å². The second kappa shape index (κ2) is 8.88. The number of nitriles is 1. The van der Waals surface area contributed by atoms with Crippen LogP contribution in [-0.4, -0.2) is 38.7 Å². The molecule has 2 heterocycles. The zero-order valence-electron chi connectivity index (χ0n) is 17.2. The molecule has 1 atom stereocenters. The van der Waals surface area contributed by atoms with E-state index in [0.717, 1.165) is 38.3 Å². The third-order valence-electron chi connectivity index (χ3n) is 5.81. The first-order chi connectivity index (χ1) is 15.3. The lowest BCUT2D eigenvalue weighted by Crippen LogP contribution is -2.40. The van der Waals surface area contributed by atoms with E-state index in [1.165, 1.54) is 18.2 Å². The van der Waals surface area contributed by atoms with Gasteiger partial charge in [-0.15, -0.1) is 0 Å². The number of anilines is 2. The molecule has 2 aliphatic rings. The summed E-state index contributed by atoms with van der Waals surface area (Å²) >= 11 is 6.31. The molecule has 0 saturated carbocycles. The molecule has 0 aromatic heterocycles. The van der Waals surface area contributed by atoms with Gasteiger partial charge in [-0.05, 0) is 62.4 Å². The standard InChI is InChI=1S/C22H22ClN3O5S/c23-17-12-19-18(10-15(17)13-24)25-32(29,30)21-11-14(22(27)28)6-7-20(21)31-9-3-5-16-4-1-2-8-26(16)19/h6-7,10-12,16,25H,1-5,8-9H2,(H,27,28)/t16-/m1/s1. The number of nitrogens with zero attached hydrogens (tertiary/aromatic N) is 2. The molecule has 10 heteroatoms. The van der Waals surface area contributed by atoms with Gasteiger partial charge in [0.05, 0.1) is 34.1 Å². The molecule has 2 aromatic rings. The first-order valence-electron chi connectivity index (χ1n) is 10.3. The van der Waals surface area contributed by atoms with Crippen LogP contribution in [0.5, 0.6) is 5.75 Å². The van der Waals surface area contributed by atoms with Crippen LogP contribution in [0.3, 0.4) is 0 Å². The Labute approximate surface area is 191 Å². The van der Waals surface area contributed by atoms with Gasteiger partial charge in [0.2, 0.25) is 0 Å². The van der Waals surface area contributed by atoms with Crippen molar-refractivity contribution in [3.8, 4) is 11.8 Å². The molecule has 2 N–H and O–H groups in total. The van der Waals surface area contributed by atoms with Crippen LogP contribution in [0, 0.1) is 11.3 Å². The first kappa shape index (κ1) is 22.2. The normalized spacial score (nSPS) is 20.0. The maximum absolute atomic E-state index is 13.4. The lowest BCUT2D eigenvalue weighted by Gasteiger charge is -2.39. The number of rotatable bonds is 1. The number of sulfonamides is 1. The van der Waals surface area contributed by atoms with Crippen molar-refractivity contribution in [2.45, 2.75) is 43.0 Å². The van der Waals surface area contributed by atoms with E-state index in [1.807, 2.05) is 6.07 Å². The Morgan fingerprint density at radius 3 is 2.75 bits per heavy atom. The van der Waals surface area contributed by atoms with Crippen LogP contribution in [0.2, 0.25) is 5.02 Å². The first-order valence-corrected chi connectivity index (χ1v) is 12.2. The van der Waals surface area contributed by atoms with Gasteiger partial charge in [0, 0.05) is 12.6 Å². The molecule has 0 amide bonds. The molecule has 32 heavy (non-hydrogen) atoms. The molecule has 2 aromatic carbocycles. The minimum Gasteiger partial charge on any atom is -0.492 e. The van der Waals surface area contributed by atoms with Gasteiger partial charge in [0.1, 0.15) is 16.7 Å². The molecule has 0 spiro atoms. The Morgan fingerprint density at radius 1 is 1.22 bits per heavy atom. The summed E-state index contributed by atoms with van der Waals surface area (Å²) < 4.78 is 35.1. The number of aromatic carboxylic acids is 1. The number of nitrogens with one attached hydrogen (secondary N) is 1.